The van der Waals surface area contributed by atoms with Gasteiger partial charge in [-0.15, -0.1) is 0 Å². The van der Waals surface area contributed by atoms with Crippen molar-refractivity contribution in [1.29, 1.82) is 0 Å². The first-order valence-electron chi connectivity index (χ1n) is 9.54. The molecular weight excluding hydrogens is 258 g/mol. The van der Waals surface area contributed by atoms with Crippen molar-refractivity contribution in [1.82, 2.24) is 5.32 Å². The molecule has 0 amide bonds. The number of hydrogen-bond donors (Lipinski definition) is 1. The van der Waals surface area contributed by atoms with Crippen molar-refractivity contribution >= 4 is 0 Å². The molecule has 124 valence electrons. The predicted molar refractivity (Wildman–Crippen MR) is 90.6 cm³/mol. The Bertz CT molecular complexity index is 277. The lowest BCUT2D eigenvalue weighted by atomic mass is 9.68. The Hall–Kier alpha value is -0.0800. The van der Waals surface area contributed by atoms with Crippen molar-refractivity contribution in [3.8, 4) is 0 Å². The summed E-state index contributed by atoms with van der Waals surface area (Å²) < 4.78 is 6.18. The summed E-state index contributed by atoms with van der Waals surface area (Å²) in [5.74, 6) is 1.82. The van der Waals surface area contributed by atoms with Gasteiger partial charge in [0, 0.05) is 13.2 Å². The van der Waals surface area contributed by atoms with Crippen LogP contribution >= 0.6 is 0 Å². The van der Waals surface area contributed by atoms with Gasteiger partial charge in [0.25, 0.3) is 0 Å². The van der Waals surface area contributed by atoms with E-state index >= 15 is 0 Å². The molecule has 2 fully saturated rings. The summed E-state index contributed by atoms with van der Waals surface area (Å²) in [5, 5.41) is 3.91. The number of nitrogens with one attached hydrogen (secondary N) is 1. The highest BCUT2D eigenvalue weighted by molar-refractivity contribution is 4.99. The average Bonchev–Trinajstić information content (AvgIpc) is 2.56. The van der Waals surface area contributed by atoms with Crippen molar-refractivity contribution in [2.45, 2.75) is 96.1 Å². The summed E-state index contributed by atoms with van der Waals surface area (Å²) in [7, 11) is 1.96. The van der Waals surface area contributed by atoms with Gasteiger partial charge in [-0.3, -0.25) is 0 Å². The Balaban J connectivity index is 2.05. The maximum Gasteiger partial charge on any atom is 0.0833 e. The first-order chi connectivity index (χ1) is 10.3. The Labute approximate surface area is 132 Å². The summed E-state index contributed by atoms with van der Waals surface area (Å²) in [6.07, 6.45) is 14.9. The summed E-state index contributed by atoms with van der Waals surface area (Å²) >= 11 is 0. The zero-order valence-electron chi connectivity index (χ0n) is 14.6. The third kappa shape index (κ3) is 4.22. The van der Waals surface area contributed by atoms with Gasteiger partial charge in [0.1, 0.15) is 0 Å². The molecule has 0 heterocycles. The average molecular weight is 296 g/mol. The van der Waals surface area contributed by atoms with Gasteiger partial charge in [0.2, 0.25) is 0 Å². The molecule has 0 aromatic heterocycles. The van der Waals surface area contributed by atoms with Crippen LogP contribution in [0, 0.1) is 11.8 Å². The molecule has 1 atom stereocenters. The molecule has 0 saturated heterocycles. The van der Waals surface area contributed by atoms with E-state index in [1.807, 2.05) is 7.11 Å². The van der Waals surface area contributed by atoms with E-state index < -0.39 is 0 Å². The number of ether oxygens (including phenoxy) is 1. The second-order valence-corrected chi connectivity index (χ2v) is 7.45. The molecule has 1 unspecified atom stereocenters. The minimum absolute atomic E-state index is 0.122. The van der Waals surface area contributed by atoms with Crippen LogP contribution in [0.25, 0.3) is 0 Å². The fraction of sp³-hybridized carbons (Fsp3) is 1.00. The quantitative estimate of drug-likeness (QED) is 0.720. The molecule has 21 heavy (non-hydrogen) atoms. The number of hydrogen-bond acceptors (Lipinski definition) is 2. The van der Waals surface area contributed by atoms with Gasteiger partial charge in [-0.25, -0.2) is 0 Å². The maximum atomic E-state index is 6.18. The molecule has 0 aliphatic heterocycles. The van der Waals surface area contributed by atoms with Crippen LogP contribution in [0.2, 0.25) is 0 Å². The largest absolute Gasteiger partial charge is 0.377 e. The molecule has 2 aliphatic carbocycles. The third-order valence-electron chi connectivity index (χ3n) is 6.23. The normalized spacial score (nSPS) is 31.0. The molecule has 2 saturated carbocycles. The van der Waals surface area contributed by atoms with Gasteiger partial charge in [0.15, 0.2) is 0 Å². The van der Waals surface area contributed by atoms with Crippen molar-refractivity contribution in [2.24, 2.45) is 11.8 Å². The Morgan fingerprint density at radius 2 is 1.71 bits per heavy atom. The fourth-order valence-electron chi connectivity index (χ4n) is 4.80. The molecule has 0 spiro atoms. The molecule has 2 nitrogen and oxygen atoms in total. The van der Waals surface area contributed by atoms with Gasteiger partial charge < -0.3 is 10.1 Å². The Morgan fingerprint density at radius 3 is 2.24 bits per heavy atom. The van der Waals surface area contributed by atoms with E-state index in [0.29, 0.717) is 6.04 Å². The van der Waals surface area contributed by atoms with Crippen LogP contribution in [0.4, 0.5) is 0 Å². The van der Waals surface area contributed by atoms with Gasteiger partial charge >= 0.3 is 0 Å². The smallest absolute Gasteiger partial charge is 0.0833 e. The van der Waals surface area contributed by atoms with Gasteiger partial charge in [0.05, 0.1) is 5.60 Å². The van der Waals surface area contributed by atoms with Crippen LogP contribution in [0.3, 0.4) is 0 Å². The minimum Gasteiger partial charge on any atom is -0.377 e. The maximum absolute atomic E-state index is 6.18. The van der Waals surface area contributed by atoms with Crippen LogP contribution in [-0.2, 0) is 4.74 Å². The van der Waals surface area contributed by atoms with Crippen molar-refractivity contribution in [3.63, 3.8) is 0 Å². The standard InChI is InChI=1S/C19H37NO/c1-4-15-20-18(17-11-9-16(5-2)10-12-17)19(21-3)13-7-6-8-14-19/h16-18,20H,4-15H2,1-3H3. The summed E-state index contributed by atoms with van der Waals surface area (Å²) in [6, 6.07) is 0.584. The predicted octanol–water partition coefficient (Wildman–Crippen LogP) is 4.92. The highest BCUT2D eigenvalue weighted by Gasteiger charge is 2.44. The molecule has 2 rings (SSSR count). The van der Waals surface area contributed by atoms with Gasteiger partial charge in [-0.1, -0.05) is 52.4 Å². The molecular formula is C19H37NO. The van der Waals surface area contributed by atoms with Crippen LogP contribution in [0.5, 0.6) is 0 Å². The van der Waals surface area contributed by atoms with Crippen molar-refractivity contribution in [2.75, 3.05) is 13.7 Å². The molecule has 0 aromatic rings. The molecule has 0 aromatic carbocycles. The van der Waals surface area contributed by atoms with Crippen LogP contribution in [0.15, 0.2) is 0 Å². The van der Waals surface area contributed by atoms with Crippen LogP contribution in [-0.4, -0.2) is 25.3 Å². The topological polar surface area (TPSA) is 21.3 Å². The van der Waals surface area contributed by atoms with E-state index in [0.717, 1.165) is 18.4 Å². The SMILES string of the molecule is CCCNC(C1CCC(CC)CC1)C1(OC)CCCCC1. The van der Waals surface area contributed by atoms with E-state index in [1.54, 1.807) is 0 Å². The molecule has 0 radical (unpaired) electrons. The van der Waals surface area contributed by atoms with E-state index in [2.05, 4.69) is 19.2 Å². The minimum atomic E-state index is 0.122. The summed E-state index contributed by atoms with van der Waals surface area (Å²) in [6.45, 7) is 5.78. The molecule has 1 N–H and O–H groups in total. The van der Waals surface area contributed by atoms with E-state index in [-0.39, 0.29) is 5.60 Å². The molecule has 0 bridgehead atoms. The zero-order chi connectivity index (χ0) is 15.1. The molecule has 2 heteroatoms. The first-order valence-corrected chi connectivity index (χ1v) is 9.54. The zero-order valence-corrected chi connectivity index (χ0v) is 14.6. The highest BCUT2D eigenvalue weighted by atomic mass is 16.5. The third-order valence-corrected chi connectivity index (χ3v) is 6.23. The number of methoxy groups -OCH3 is 1. The van der Waals surface area contributed by atoms with E-state index in [1.165, 1.54) is 70.6 Å². The van der Waals surface area contributed by atoms with E-state index in [4.69, 9.17) is 4.74 Å². The van der Waals surface area contributed by atoms with E-state index in [9.17, 15) is 0 Å². The van der Waals surface area contributed by atoms with Gasteiger partial charge in [-0.2, -0.15) is 0 Å². The number of rotatable bonds is 7. The second kappa shape index (κ2) is 8.53. The highest BCUT2D eigenvalue weighted by Crippen LogP contribution is 2.42. The first kappa shape index (κ1) is 17.3. The second-order valence-electron chi connectivity index (χ2n) is 7.45. The Morgan fingerprint density at radius 1 is 1.05 bits per heavy atom. The van der Waals surface area contributed by atoms with Crippen LogP contribution in [0.1, 0.15) is 84.5 Å². The summed E-state index contributed by atoms with van der Waals surface area (Å²) in [5.41, 5.74) is 0.122. The van der Waals surface area contributed by atoms with Gasteiger partial charge in [-0.05, 0) is 50.5 Å². The van der Waals surface area contributed by atoms with Crippen molar-refractivity contribution < 1.29 is 4.74 Å². The molecule has 2 aliphatic rings. The van der Waals surface area contributed by atoms with Crippen molar-refractivity contribution in [3.05, 3.63) is 0 Å². The monoisotopic (exact) mass is 295 g/mol. The Kier molecular flexibility index (Phi) is 7.01. The lowest BCUT2D eigenvalue weighted by Gasteiger charge is -2.48. The van der Waals surface area contributed by atoms with Crippen LogP contribution < -0.4 is 5.32 Å². The lowest BCUT2D eigenvalue weighted by molar-refractivity contribution is -0.0864. The fourth-order valence-corrected chi connectivity index (χ4v) is 4.80. The lowest BCUT2D eigenvalue weighted by Crippen LogP contribution is -2.57. The summed E-state index contributed by atoms with van der Waals surface area (Å²) in [4.78, 5) is 0.